The van der Waals surface area contributed by atoms with Gasteiger partial charge in [-0.3, -0.25) is 14.9 Å². The zero-order valence-corrected chi connectivity index (χ0v) is 13.7. The molecule has 0 aliphatic carbocycles. The number of aryl methyl sites for hydroxylation is 3. The van der Waals surface area contributed by atoms with Crippen LogP contribution in [0.1, 0.15) is 23.1 Å². The zero-order valence-electron chi connectivity index (χ0n) is 12.9. The van der Waals surface area contributed by atoms with E-state index in [0.717, 1.165) is 5.56 Å². The number of nitrogens with zero attached hydrogens (tertiary/aromatic N) is 1. The minimum Gasteiger partial charge on any atom is -0.325 e. The maximum absolute atomic E-state index is 12.0. The van der Waals surface area contributed by atoms with E-state index in [2.05, 4.69) is 11.4 Å². The van der Waals surface area contributed by atoms with Crippen LogP contribution in [0.25, 0.3) is 0 Å². The van der Waals surface area contributed by atoms with Gasteiger partial charge >= 0.3 is 0 Å². The van der Waals surface area contributed by atoms with E-state index in [-0.39, 0.29) is 28.7 Å². The molecular weight excluding hydrogens is 316 g/mol. The van der Waals surface area contributed by atoms with Crippen LogP contribution >= 0.6 is 11.6 Å². The summed E-state index contributed by atoms with van der Waals surface area (Å²) in [5, 5.41) is 13.7. The topological polar surface area (TPSA) is 72.2 Å². The lowest BCUT2D eigenvalue weighted by atomic mass is 10.0. The van der Waals surface area contributed by atoms with Gasteiger partial charge in [0, 0.05) is 18.6 Å². The van der Waals surface area contributed by atoms with Crippen LogP contribution in [0.5, 0.6) is 0 Å². The number of carbonyl (C=O) groups excluding carboxylic acids is 1. The van der Waals surface area contributed by atoms with Crippen LogP contribution < -0.4 is 5.32 Å². The summed E-state index contributed by atoms with van der Waals surface area (Å²) in [6, 6.07) is 10.0. The fourth-order valence-corrected chi connectivity index (χ4v) is 2.32. The van der Waals surface area contributed by atoms with Gasteiger partial charge in [-0.15, -0.1) is 0 Å². The van der Waals surface area contributed by atoms with Crippen molar-refractivity contribution in [1.29, 1.82) is 0 Å². The van der Waals surface area contributed by atoms with Crippen molar-refractivity contribution in [3.8, 4) is 0 Å². The van der Waals surface area contributed by atoms with Gasteiger partial charge < -0.3 is 5.32 Å². The third kappa shape index (κ3) is 4.53. The van der Waals surface area contributed by atoms with Crippen molar-refractivity contribution < 1.29 is 9.72 Å². The molecule has 2 rings (SSSR count). The van der Waals surface area contributed by atoms with E-state index in [1.165, 1.54) is 29.3 Å². The predicted molar refractivity (Wildman–Crippen MR) is 91.0 cm³/mol. The molecule has 1 N–H and O–H groups in total. The number of amides is 1. The van der Waals surface area contributed by atoms with Gasteiger partial charge in [-0.25, -0.2) is 0 Å². The average Bonchev–Trinajstić information content (AvgIpc) is 2.50. The molecule has 0 saturated heterocycles. The first-order valence-electron chi connectivity index (χ1n) is 7.17. The van der Waals surface area contributed by atoms with Gasteiger partial charge in [-0.2, -0.15) is 0 Å². The third-order valence-corrected chi connectivity index (χ3v) is 3.98. The number of carbonyl (C=O) groups is 1. The van der Waals surface area contributed by atoms with Crippen molar-refractivity contribution in [1.82, 2.24) is 0 Å². The van der Waals surface area contributed by atoms with Gasteiger partial charge in [0.15, 0.2) is 0 Å². The highest BCUT2D eigenvalue weighted by Crippen LogP contribution is 2.26. The lowest BCUT2D eigenvalue weighted by Crippen LogP contribution is -2.13. The minimum atomic E-state index is -0.527. The number of nitrogens with one attached hydrogen (secondary N) is 1. The van der Waals surface area contributed by atoms with E-state index >= 15 is 0 Å². The van der Waals surface area contributed by atoms with E-state index in [9.17, 15) is 14.9 Å². The van der Waals surface area contributed by atoms with Gasteiger partial charge in [0.05, 0.1) is 15.6 Å². The Balaban J connectivity index is 2.00. The van der Waals surface area contributed by atoms with E-state index in [1.54, 1.807) is 0 Å². The molecule has 2 aromatic carbocycles. The number of benzene rings is 2. The number of anilines is 1. The van der Waals surface area contributed by atoms with Crippen LogP contribution in [0.4, 0.5) is 11.4 Å². The Kier molecular flexibility index (Phi) is 5.34. The molecule has 0 unspecified atom stereocenters. The smallest absolute Gasteiger partial charge is 0.271 e. The quantitative estimate of drug-likeness (QED) is 0.650. The molecule has 0 spiro atoms. The summed E-state index contributed by atoms with van der Waals surface area (Å²) in [6.07, 6.45) is 0.876. The largest absolute Gasteiger partial charge is 0.325 e. The molecule has 1 amide bonds. The molecule has 5 nitrogen and oxygen atoms in total. The molecule has 0 atom stereocenters. The molecule has 0 radical (unpaired) electrons. The molecule has 0 heterocycles. The third-order valence-electron chi connectivity index (χ3n) is 3.65. The van der Waals surface area contributed by atoms with Crippen molar-refractivity contribution in [2.75, 3.05) is 5.32 Å². The summed E-state index contributed by atoms with van der Waals surface area (Å²) in [7, 11) is 0. The van der Waals surface area contributed by atoms with Crippen LogP contribution in [0.3, 0.4) is 0 Å². The first kappa shape index (κ1) is 17.0. The molecule has 0 aromatic heterocycles. The standard InChI is InChI=1S/C17H17ClN2O3/c1-11-3-4-13(9-12(11)2)5-8-17(21)19-16-10-14(20(22)23)6-7-15(16)18/h3-4,6-7,9-10H,5,8H2,1-2H3,(H,19,21). The normalized spacial score (nSPS) is 10.4. The number of halogens is 1. The summed E-state index contributed by atoms with van der Waals surface area (Å²) in [4.78, 5) is 22.3. The van der Waals surface area contributed by atoms with E-state index in [0.29, 0.717) is 6.42 Å². The highest BCUT2D eigenvalue weighted by molar-refractivity contribution is 6.33. The summed E-state index contributed by atoms with van der Waals surface area (Å²) >= 11 is 5.96. The van der Waals surface area contributed by atoms with Crippen molar-refractivity contribution in [3.05, 3.63) is 68.2 Å². The minimum absolute atomic E-state index is 0.112. The molecule has 0 bridgehead atoms. The molecule has 6 heteroatoms. The SMILES string of the molecule is Cc1ccc(CCC(=O)Nc2cc([N+](=O)[O-])ccc2Cl)cc1C. The highest BCUT2D eigenvalue weighted by Gasteiger charge is 2.12. The Morgan fingerprint density at radius 1 is 1.17 bits per heavy atom. The second-order valence-electron chi connectivity index (χ2n) is 5.39. The molecule has 23 heavy (non-hydrogen) atoms. The van der Waals surface area contributed by atoms with Gasteiger partial charge in [-0.05, 0) is 43.0 Å². The number of hydrogen-bond donors (Lipinski definition) is 1. The Morgan fingerprint density at radius 3 is 2.57 bits per heavy atom. The second kappa shape index (κ2) is 7.24. The Morgan fingerprint density at radius 2 is 1.91 bits per heavy atom. The van der Waals surface area contributed by atoms with Crippen LogP contribution in [-0.4, -0.2) is 10.8 Å². The van der Waals surface area contributed by atoms with Gasteiger partial charge in [0.1, 0.15) is 0 Å². The second-order valence-corrected chi connectivity index (χ2v) is 5.80. The van der Waals surface area contributed by atoms with Gasteiger partial charge in [-0.1, -0.05) is 29.8 Å². The van der Waals surface area contributed by atoms with Crippen LogP contribution in [-0.2, 0) is 11.2 Å². The zero-order chi connectivity index (χ0) is 17.0. The maximum atomic E-state index is 12.0. The van der Waals surface area contributed by atoms with Crippen molar-refractivity contribution in [2.24, 2.45) is 0 Å². The van der Waals surface area contributed by atoms with Gasteiger partial charge in [0.25, 0.3) is 5.69 Å². The lowest BCUT2D eigenvalue weighted by molar-refractivity contribution is -0.384. The fraction of sp³-hybridized carbons (Fsp3) is 0.235. The van der Waals surface area contributed by atoms with Crippen molar-refractivity contribution in [2.45, 2.75) is 26.7 Å². The van der Waals surface area contributed by atoms with Crippen LogP contribution in [0.2, 0.25) is 5.02 Å². The van der Waals surface area contributed by atoms with Crippen LogP contribution in [0.15, 0.2) is 36.4 Å². The average molecular weight is 333 g/mol. The molecular formula is C17H17ClN2O3. The first-order valence-corrected chi connectivity index (χ1v) is 7.54. The Bertz CT molecular complexity index is 759. The van der Waals surface area contributed by atoms with Gasteiger partial charge in [0.2, 0.25) is 5.91 Å². The number of rotatable bonds is 5. The van der Waals surface area contributed by atoms with E-state index < -0.39 is 4.92 Å². The molecule has 120 valence electrons. The summed E-state index contributed by atoms with van der Waals surface area (Å²) < 4.78 is 0. The number of hydrogen-bond acceptors (Lipinski definition) is 3. The van der Waals surface area contributed by atoms with Crippen molar-refractivity contribution >= 4 is 28.9 Å². The number of nitro groups is 1. The number of non-ortho nitro benzene ring substituents is 1. The van der Waals surface area contributed by atoms with E-state index in [4.69, 9.17) is 11.6 Å². The molecule has 2 aromatic rings. The monoisotopic (exact) mass is 332 g/mol. The maximum Gasteiger partial charge on any atom is 0.271 e. The lowest BCUT2D eigenvalue weighted by Gasteiger charge is -2.08. The van der Waals surface area contributed by atoms with Crippen LogP contribution in [0, 0.1) is 24.0 Å². The van der Waals surface area contributed by atoms with Crippen molar-refractivity contribution in [3.63, 3.8) is 0 Å². The summed E-state index contributed by atoms with van der Waals surface area (Å²) in [5.41, 5.74) is 3.62. The predicted octanol–water partition coefficient (Wildman–Crippen LogP) is 4.44. The molecule has 0 aliphatic heterocycles. The summed E-state index contributed by atoms with van der Waals surface area (Å²) in [5.74, 6) is -0.231. The Labute approximate surface area is 139 Å². The fourth-order valence-electron chi connectivity index (χ4n) is 2.15. The summed E-state index contributed by atoms with van der Waals surface area (Å²) in [6.45, 7) is 4.07. The molecule has 0 aliphatic rings. The molecule has 0 fully saturated rings. The first-order chi connectivity index (χ1) is 10.9. The number of nitro benzene ring substituents is 1. The molecule has 0 saturated carbocycles. The highest BCUT2D eigenvalue weighted by atomic mass is 35.5. The Hall–Kier alpha value is -2.40. The van der Waals surface area contributed by atoms with E-state index in [1.807, 2.05) is 26.0 Å².